The van der Waals surface area contributed by atoms with Crippen LogP contribution in [-0.2, 0) is 0 Å². The Morgan fingerprint density at radius 3 is 2.55 bits per heavy atom. The highest BCUT2D eigenvalue weighted by Gasteiger charge is 1.99. The van der Waals surface area contributed by atoms with Crippen LogP contribution in [0.2, 0.25) is 0 Å². The molecule has 0 N–H and O–H groups in total. The summed E-state index contributed by atoms with van der Waals surface area (Å²) in [5, 5.41) is 0. The van der Waals surface area contributed by atoms with Crippen molar-refractivity contribution in [3.8, 4) is 11.8 Å². The van der Waals surface area contributed by atoms with E-state index >= 15 is 0 Å². The predicted molar refractivity (Wildman–Crippen MR) is 86.2 cm³/mol. The second-order valence-electron chi connectivity index (χ2n) is 4.32. The Morgan fingerprint density at radius 2 is 1.85 bits per heavy atom. The van der Waals surface area contributed by atoms with Gasteiger partial charge < -0.3 is 4.90 Å². The number of rotatable bonds is 2. The van der Waals surface area contributed by atoms with Gasteiger partial charge in [0.2, 0.25) is 0 Å². The number of benzene rings is 1. The molecule has 0 unspecified atom stereocenters. The zero-order valence-corrected chi connectivity index (χ0v) is 12.9. The molecule has 0 bridgehead atoms. The van der Waals surface area contributed by atoms with Gasteiger partial charge in [-0.05, 0) is 46.1 Å². The van der Waals surface area contributed by atoms with Crippen molar-refractivity contribution in [2.45, 2.75) is 0 Å². The Morgan fingerprint density at radius 1 is 1.10 bits per heavy atom. The van der Waals surface area contributed by atoms with Gasteiger partial charge in [0.25, 0.3) is 0 Å². The van der Waals surface area contributed by atoms with E-state index in [0.29, 0.717) is 11.5 Å². The summed E-state index contributed by atoms with van der Waals surface area (Å²) in [6, 6.07) is 13.6. The third-order valence-corrected chi connectivity index (χ3v) is 2.99. The molecule has 1 aromatic carbocycles. The van der Waals surface area contributed by atoms with E-state index in [9.17, 15) is 0 Å². The molecule has 1 heterocycles. The highest BCUT2D eigenvalue weighted by molar-refractivity contribution is 9.10. The summed E-state index contributed by atoms with van der Waals surface area (Å²) in [6.45, 7) is 0. The van der Waals surface area contributed by atoms with Gasteiger partial charge in [-0.1, -0.05) is 24.1 Å². The maximum absolute atomic E-state index is 4.41. The van der Waals surface area contributed by atoms with E-state index in [1.807, 2.05) is 61.5 Å². The van der Waals surface area contributed by atoms with Crippen LogP contribution in [0.3, 0.4) is 0 Å². The summed E-state index contributed by atoms with van der Waals surface area (Å²) >= 11 is 3.46. The minimum absolute atomic E-state index is 0.638. The van der Waals surface area contributed by atoms with Gasteiger partial charge in [-0.25, -0.2) is 9.98 Å². The van der Waals surface area contributed by atoms with Crippen molar-refractivity contribution in [2.75, 3.05) is 14.1 Å². The highest BCUT2D eigenvalue weighted by atomic mass is 79.9. The summed E-state index contributed by atoms with van der Waals surface area (Å²) in [4.78, 5) is 10.5. The minimum atomic E-state index is 0.638. The average Bonchev–Trinajstić information content (AvgIpc) is 2.46. The van der Waals surface area contributed by atoms with E-state index in [-0.39, 0.29) is 0 Å². The van der Waals surface area contributed by atoms with E-state index in [4.69, 9.17) is 0 Å². The normalized spacial score (nSPS) is 10.2. The van der Waals surface area contributed by atoms with Crippen molar-refractivity contribution >= 4 is 28.1 Å². The van der Waals surface area contributed by atoms with Crippen molar-refractivity contribution in [1.29, 1.82) is 0 Å². The fourth-order valence-corrected chi connectivity index (χ4v) is 1.74. The van der Waals surface area contributed by atoms with Gasteiger partial charge in [-0.15, -0.1) is 0 Å². The molecule has 0 aliphatic rings. The van der Waals surface area contributed by atoms with Crippen molar-refractivity contribution < 1.29 is 0 Å². The Bertz CT molecular complexity index is 667. The Balaban J connectivity index is 2.28. The lowest BCUT2D eigenvalue weighted by molar-refractivity contribution is 0.643. The highest BCUT2D eigenvalue weighted by Crippen LogP contribution is 2.18. The number of aliphatic imine (C=N–C) groups is 1. The van der Waals surface area contributed by atoms with Crippen LogP contribution in [-0.4, -0.2) is 30.3 Å². The van der Waals surface area contributed by atoms with Crippen LogP contribution in [0.15, 0.2) is 51.9 Å². The number of hydrogen-bond acceptors (Lipinski definition) is 2. The van der Waals surface area contributed by atoms with Crippen molar-refractivity contribution in [3.63, 3.8) is 0 Å². The van der Waals surface area contributed by atoms with E-state index in [0.717, 1.165) is 10.0 Å². The van der Waals surface area contributed by atoms with Crippen LogP contribution < -0.4 is 0 Å². The van der Waals surface area contributed by atoms with Crippen molar-refractivity contribution in [3.05, 3.63) is 58.2 Å². The van der Waals surface area contributed by atoms with Gasteiger partial charge >= 0.3 is 0 Å². The molecule has 1 aromatic heterocycles. The standard InChI is InChI=1S/C16H14BrN3/c1-20(2)12-18-16-11-9-14(17)15(19-16)10-8-13-6-4-3-5-7-13/h3-7,9,11-12H,1-2H3/b18-12+. The second-order valence-corrected chi connectivity index (χ2v) is 5.18. The fraction of sp³-hybridized carbons (Fsp3) is 0.125. The molecule has 3 nitrogen and oxygen atoms in total. The van der Waals surface area contributed by atoms with E-state index < -0.39 is 0 Å². The summed E-state index contributed by atoms with van der Waals surface area (Å²) in [5.41, 5.74) is 1.64. The van der Waals surface area contributed by atoms with Gasteiger partial charge in [0, 0.05) is 19.7 Å². The number of nitrogens with zero attached hydrogens (tertiary/aromatic N) is 3. The fourth-order valence-electron chi connectivity index (χ4n) is 1.42. The first-order valence-corrected chi connectivity index (χ1v) is 6.88. The summed E-state index contributed by atoms with van der Waals surface area (Å²) < 4.78 is 0.865. The molecule has 0 aliphatic heterocycles. The second kappa shape index (κ2) is 6.88. The van der Waals surface area contributed by atoms with Crippen LogP contribution in [0.1, 0.15) is 11.3 Å². The number of aromatic nitrogens is 1. The lowest BCUT2D eigenvalue weighted by Gasteiger charge is -2.02. The molecule has 20 heavy (non-hydrogen) atoms. The summed E-state index contributed by atoms with van der Waals surface area (Å²) in [7, 11) is 3.83. The molecule has 100 valence electrons. The largest absolute Gasteiger partial charge is 0.369 e. The van der Waals surface area contributed by atoms with Crippen LogP contribution in [0.4, 0.5) is 5.82 Å². The SMILES string of the molecule is CN(C)/C=N/c1ccc(Br)c(C#Cc2ccccc2)n1. The van der Waals surface area contributed by atoms with Crippen LogP contribution in [0, 0.1) is 11.8 Å². The van der Waals surface area contributed by atoms with Crippen molar-refractivity contribution in [1.82, 2.24) is 9.88 Å². The topological polar surface area (TPSA) is 28.5 Å². The van der Waals surface area contributed by atoms with E-state index in [1.54, 1.807) is 6.34 Å². The first-order chi connectivity index (χ1) is 9.65. The quantitative estimate of drug-likeness (QED) is 0.480. The lowest BCUT2D eigenvalue weighted by Crippen LogP contribution is -2.07. The molecule has 0 radical (unpaired) electrons. The van der Waals surface area contributed by atoms with E-state index in [1.165, 1.54) is 0 Å². The van der Waals surface area contributed by atoms with Gasteiger partial charge in [-0.3, -0.25) is 0 Å². The number of hydrogen-bond donors (Lipinski definition) is 0. The van der Waals surface area contributed by atoms with Gasteiger partial charge in [-0.2, -0.15) is 0 Å². The predicted octanol–water partition coefficient (Wildman–Crippen LogP) is 3.47. The first-order valence-electron chi connectivity index (χ1n) is 6.09. The summed E-state index contributed by atoms with van der Waals surface area (Å²) in [5.74, 6) is 6.79. The maximum atomic E-state index is 4.41. The Kier molecular flexibility index (Phi) is 4.91. The Labute approximate surface area is 127 Å². The Hall–Kier alpha value is -2.12. The zero-order chi connectivity index (χ0) is 14.4. The lowest BCUT2D eigenvalue weighted by atomic mass is 10.2. The molecule has 0 aliphatic carbocycles. The van der Waals surface area contributed by atoms with Gasteiger partial charge in [0.1, 0.15) is 5.69 Å². The molecule has 0 saturated carbocycles. The monoisotopic (exact) mass is 327 g/mol. The molecule has 0 amide bonds. The third kappa shape index (κ3) is 4.22. The molecule has 0 spiro atoms. The first kappa shape index (κ1) is 14.3. The van der Waals surface area contributed by atoms with Crippen LogP contribution >= 0.6 is 15.9 Å². The molecule has 4 heteroatoms. The average molecular weight is 328 g/mol. The van der Waals surface area contributed by atoms with Crippen LogP contribution in [0.5, 0.6) is 0 Å². The van der Waals surface area contributed by atoms with Crippen molar-refractivity contribution in [2.24, 2.45) is 4.99 Å². The van der Waals surface area contributed by atoms with Gasteiger partial charge in [0.15, 0.2) is 5.82 Å². The molecular weight excluding hydrogens is 314 g/mol. The zero-order valence-electron chi connectivity index (χ0n) is 11.3. The van der Waals surface area contributed by atoms with Gasteiger partial charge in [0.05, 0.1) is 10.8 Å². The molecular formula is C16H14BrN3. The number of pyridine rings is 1. The summed E-state index contributed by atoms with van der Waals surface area (Å²) in [6.07, 6.45) is 1.71. The number of halogens is 1. The minimum Gasteiger partial charge on any atom is -0.369 e. The third-order valence-electron chi connectivity index (χ3n) is 2.35. The smallest absolute Gasteiger partial charge is 0.155 e. The van der Waals surface area contributed by atoms with Crippen LogP contribution in [0.25, 0.3) is 0 Å². The molecule has 0 atom stereocenters. The maximum Gasteiger partial charge on any atom is 0.155 e. The van der Waals surface area contributed by atoms with E-state index in [2.05, 4.69) is 37.7 Å². The molecule has 2 rings (SSSR count). The molecule has 0 fully saturated rings. The molecule has 0 saturated heterocycles. The molecule has 2 aromatic rings.